The molecule has 2 aliphatic rings. The summed E-state index contributed by atoms with van der Waals surface area (Å²) in [5.41, 5.74) is 10.7. The molecular weight excluding hydrogens is 376 g/mol. The van der Waals surface area contributed by atoms with Crippen molar-refractivity contribution in [1.82, 2.24) is 14.8 Å². The molecule has 0 bridgehead atoms. The Bertz CT molecular complexity index is 1120. The van der Waals surface area contributed by atoms with Crippen molar-refractivity contribution in [2.24, 2.45) is 0 Å². The molecule has 6 heteroatoms. The molecule has 30 heavy (non-hydrogen) atoms. The van der Waals surface area contributed by atoms with Gasteiger partial charge >= 0.3 is 0 Å². The number of nitrogens with two attached hydrogens (primary N) is 1. The first-order chi connectivity index (χ1) is 14.6. The summed E-state index contributed by atoms with van der Waals surface area (Å²) in [6, 6.07) is 15.0. The summed E-state index contributed by atoms with van der Waals surface area (Å²) in [7, 11) is 0. The Hall–Kier alpha value is -3.28. The van der Waals surface area contributed by atoms with Crippen LogP contribution in [0.4, 0.5) is 5.69 Å². The Morgan fingerprint density at radius 3 is 2.63 bits per heavy atom. The average molecular weight is 402 g/mol. The van der Waals surface area contributed by atoms with Crippen molar-refractivity contribution in [2.75, 3.05) is 18.8 Å². The number of hydrogen-bond acceptors (Lipinski definition) is 3. The van der Waals surface area contributed by atoms with E-state index in [1.807, 2.05) is 42.5 Å². The highest BCUT2D eigenvalue weighted by molar-refractivity contribution is 5.97. The fraction of sp³-hybridized carbons (Fsp3) is 0.333. The van der Waals surface area contributed by atoms with Crippen LogP contribution >= 0.6 is 0 Å². The van der Waals surface area contributed by atoms with Crippen molar-refractivity contribution in [3.05, 3.63) is 65.4 Å². The average Bonchev–Trinajstić information content (AvgIpc) is 3.13. The van der Waals surface area contributed by atoms with Gasteiger partial charge in [0.05, 0.1) is 12.6 Å². The molecule has 0 radical (unpaired) electrons. The lowest BCUT2D eigenvalue weighted by Crippen LogP contribution is -2.63. The maximum absolute atomic E-state index is 13.4. The predicted molar refractivity (Wildman–Crippen MR) is 117 cm³/mol. The standard InChI is InChI=1S/C24H26N4O2/c1-2-3-12-27-14-21(29)28-20(24(27)30)13-18-17-6-4-5-7-19(17)26-22(18)23(28)15-8-10-16(25)11-9-15/h4-11,20,23,26H,2-3,12-14,25H2,1H3/t20-,23-/m0/s1. The molecule has 2 aliphatic heterocycles. The number of carbonyl (C=O) groups excluding carboxylic acids is 2. The maximum atomic E-state index is 13.4. The fourth-order valence-electron chi connectivity index (χ4n) is 4.89. The highest BCUT2D eigenvalue weighted by Crippen LogP contribution is 2.42. The Morgan fingerprint density at radius 1 is 1.10 bits per heavy atom. The third-order valence-electron chi connectivity index (χ3n) is 6.38. The van der Waals surface area contributed by atoms with E-state index in [2.05, 4.69) is 18.0 Å². The molecule has 3 aromatic rings. The van der Waals surface area contributed by atoms with Gasteiger partial charge in [-0.15, -0.1) is 0 Å². The normalized spacial score (nSPS) is 21.1. The Morgan fingerprint density at radius 2 is 1.87 bits per heavy atom. The number of rotatable bonds is 4. The number of piperazine rings is 1. The number of anilines is 1. The van der Waals surface area contributed by atoms with Gasteiger partial charge in [0.15, 0.2) is 0 Å². The van der Waals surface area contributed by atoms with Crippen LogP contribution in [0.15, 0.2) is 48.5 Å². The van der Waals surface area contributed by atoms with Crippen LogP contribution in [0.2, 0.25) is 0 Å². The lowest BCUT2D eigenvalue weighted by molar-refractivity contribution is -0.158. The molecule has 1 saturated heterocycles. The number of nitrogens with zero attached hydrogens (tertiary/aromatic N) is 2. The molecule has 0 aliphatic carbocycles. The number of H-pyrrole nitrogens is 1. The lowest BCUT2D eigenvalue weighted by Gasteiger charge is -2.47. The third kappa shape index (κ3) is 2.86. The summed E-state index contributed by atoms with van der Waals surface area (Å²) in [6.45, 7) is 2.88. The van der Waals surface area contributed by atoms with Gasteiger partial charge in [0.2, 0.25) is 11.8 Å². The molecule has 0 saturated carbocycles. The van der Waals surface area contributed by atoms with Gasteiger partial charge in [-0.2, -0.15) is 0 Å². The summed E-state index contributed by atoms with van der Waals surface area (Å²) in [5, 5.41) is 1.12. The number of amides is 2. The number of fused-ring (bicyclic) bond motifs is 4. The van der Waals surface area contributed by atoms with E-state index in [4.69, 9.17) is 5.73 Å². The summed E-state index contributed by atoms with van der Waals surface area (Å²) in [4.78, 5) is 33.8. The minimum atomic E-state index is -0.475. The smallest absolute Gasteiger partial charge is 0.246 e. The van der Waals surface area contributed by atoms with E-state index in [0.29, 0.717) is 18.7 Å². The molecule has 2 amide bonds. The first-order valence-electron chi connectivity index (χ1n) is 10.6. The van der Waals surface area contributed by atoms with E-state index in [9.17, 15) is 9.59 Å². The van der Waals surface area contributed by atoms with E-state index < -0.39 is 6.04 Å². The number of para-hydroxylation sites is 1. The van der Waals surface area contributed by atoms with Crippen molar-refractivity contribution in [3.63, 3.8) is 0 Å². The van der Waals surface area contributed by atoms with Crippen molar-refractivity contribution in [3.8, 4) is 0 Å². The Balaban J connectivity index is 1.66. The highest BCUT2D eigenvalue weighted by atomic mass is 16.2. The molecule has 0 spiro atoms. The molecule has 2 aromatic carbocycles. The van der Waals surface area contributed by atoms with Crippen LogP contribution in [-0.2, 0) is 16.0 Å². The van der Waals surface area contributed by atoms with E-state index in [0.717, 1.165) is 40.6 Å². The molecule has 2 atom stereocenters. The molecule has 154 valence electrons. The zero-order valence-electron chi connectivity index (χ0n) is 17.1. The number of hydrogen-bond donors (Lipinski definition) is 2. The number of nitrogens with one attached hydrogen (secondary N) is 1. The molecule has 1 aromatic heterocycles. The summed E-state index contributed by atoms with van der Waals surface area (Å²) >= 11 is 0. The molecule has 3 N–H and O–H groups in total. The molecular formula is C24H26N4O2. The summed E-state index contributed by atoms with van der Waals surface area (Å²) in [5.74, 6) is 0.0567. The maximum Gasteiger partial charge on any atom is 0.246 e. The topological polar surface area (TPSA) is 82.4 Å². The van der Waals surface area contributed by atoms with Gasteiger partial charge < -0.3 is 20.5 Å². The van der Waals surface area contributed by atoms with Crippen LogP contribution in [0.5, 0.6) is 0 Å². The monoisotopic (exact) mass is 402 g/mol. The van der Waals surface area contributed by atoms with E-state index in [-0.39, 0.29) is 24.4 Å². The summed E-state index contributed by atoms with van der Waals surface area (Å²) in [6.07, 6.45) is 2.44. The first kappa shape index (κ1) is 18.7. The van der Waals surface area contributed by atoms with E-state index in [1.54, 1.807) is 9.80 Å². The van der Waals surface area contributed by atoms with Gasteiger partial charge in [0.25, 0.3) is 0 Å². The van der Waals surface area contributed by atoms with Crippen LogP contribution in [0, 0.1) is 0 Å². The SMILES string of the molecule is CCCCN1CC(=O)N2[C@@H](c3ccc(N)cc3)c3[nH]c4ccccc4c3C[C@H]2C1=O. The largest absolute Gasteiger partial charge is 0.399 e. The van der Waals surface area contributed by atoms with Gasteiger partial charge in [-0.1, -0.05) is 43.7 Å². The molecule has 3 heterocycles. The number of carbonyl (C=O) groups is 2. The minimum absolute atomic E-state index is 0.00170. The van der Waals surface area contributed by atoms with Crippen molar-refractivity contribution >= 4 is 28.4 Å². The molecule has 5 rings (SSSR count). The quantitative estimate of drug-likeness (QED) is 0.658. The number of benzene rings is 2. The fourth-order valence-corrected chi connectivity index (χ4v) is 4.89. The van der Waals surface area contributed by atoms with Crippen LogP contribution in [-0.4, -0.2) is 45.7 Å². The van der Waals surface area contributed by atoms with Crippen LogP contribution < -0.4 is 5.73 Å². The van der Waals surface area contributed by atoms with Gasteiger partial charge in [-0.3, -0.25) is 9.59 Å². The third-order valence-corrected chi connectivity index (χ3v) is 6.38. The lowest BCUT2D eigenvalue weighted by atomic mass is 9.86. The van der Waals surface area contributed by atoms with Crippen molar-refractivity contribution in [2.45, 2.75) is 38.3 Å². The second-order valence-corrected chi connectivity index (χ2v) is 8.27. The van der Waals surface area contributed by atoms with Crippen LogP contribution in [0.3, 0.4) is 0 Å². The highest BCUT2D eigenvalue weighted by Gasteiger charge is 2.47. The second-order valence-electron chi connectivity index (χ2n) is 8.27. The van der Waals surface area contributed by atoms with Gasteiger partial charge in [0.1, 0.15) is 6.04 Å². The van der Waals surface area contributed by atoms with Crippen molar-refractivity contribution in [1.29, 1.82) is 0 Å². The van der Waals surface area contributed by atoms with Gasteiger partial charge in [0, 0.05) is 35.2 Å². The minimum Gasteiger partial charge on any atom is -0.399 e. The van der Waals surface area contributed by atoms with Crippen LogP contribution in [0.1, 0.15) is 42.6 Å². The summed E-state index contributed by atoms with van der Waals surface area (Å²) < 4.78 is 0. The second kappa shape index (κ2) is 7.20. The van der Waals surface area contributed by atoms with E-state index >= 15 is 0 Å². The number of unbranched alkanes of at least 4 members (excludes halogenated alkanes) is 1. The zero-order valence-corrected chi connectivity index (χ0v) is 17.1. The Kier molecular flexibility index (Phi) is 4.50. The molecule has 0 unspecified atom stereocenters. The van der Waals surface area contributed by atoms with Crippen LogP contribution in [0.25, 0.3) is 10.9 Å². The predicted octanol–water partition coefficient (Wildman–Crippen LogP) is 3.24. The number of aromatic amines is 1. The zero-order chi connectivity index (χ0) is 20.8. The Labute approximate surface area is 175 Å². The molecule has 1 fully saturated rings. The molecule has 6 nitrogen and oxygen atoms in total. The van der Waals surface area contributed by atoms with Gasteiger partial charge in [-0.05, 0) is 35.7 Å². The van der Waals surface area contributed by atoms with E-state index in [1.165, 1.54) is 0 Å². The number of nitrogen functional groups attached to an aromatic ring is 1. The number of aromatic nitrogens is 1. The first-order valence-corrected chi connectivity index (χ1v) is 10.6. The van der Waals surface area contributed by atoms with Crippen molar-refractivity contribution < 1.29 is 9.59 Å². The van der Waals surface area contributed by atoms with Gasteiger partial charge in [-0.25, -0.2) is 0 Å².